The molecular formula is C15H17ClN4O3S. The van der Waals surface area contributed by atoms with Gasteiger partial charge < -0.3 is 14.9 Å². The van der Waals surface area contributed by atoms with Gasteiger partial charge in [0.25, 0.3) is 5.91 Å². The van der Waals surface area contributed by atoms with E-state index in [-0.39, 0.29) is 12.5 Å². The first-order chi connectivity index (χ1) is 11.5. The smallest absolute Gasteiger partial charge is 0.325 e. The number of rotatable bonds is 4. The van der Waals surface area contributed by atoms with Crippen LogP contribution in [-0.2, 0) is 11.3 Å². The number of aliphatic hydroxyl groups is 1. The molecular weight excluding hydrogens is 352 g/mol. The number of amides is 3. The predicted octanol–water partition coefficient (Wildman–Crippen LogP) is 1.11. The molecule has 7 nitrogen and oxygen atoms in total. The molecule has 2 aliphatic rings. The van der Waals surface area contributed by atoms with Gasteiger partial charge in [-0.25, -0.2) is 9.79 Å². The third-order valence-corrected chi connectivity index (χ3v) is 5.15. The minimum Gasteiger partial charge on any atom is -0.396 e. The van der Waals surface area contributed by atoms with E-state index in [4.69, 9.17) is 16.7 Å². The highest BCUT2D eigenvalue weighted by Gasteiger charge is 2.48. The molecule has 0 aromatic heterocycles. The highest BCUT2D eigenvalue weighted by molar-refractivity contribution is 8.13. The Bertz CT molecular complexity index is 682. The van der Waals surface area contributed by atoms with Crippen LogP contribution in [0.15, 0.2) is 29.3 Å². The van der Waals surface area contributed by atoms with Crippen LogP contribution in [-0.4, -0.2) is 63.6 Å². The number of imide groups is 1. The number of aliphatic hydroxyl groups excluding tert-OH is 1. The van der Waals surface area contributed by atoms with Gasteiger partial charge in [-0.2, -0.15) is 0 Å². The maximum absolute atomic E-state index is 12.4. The number of nitrogens with zero attached hydrogens (tertiary/aromatic N) is 3. The summed E-state index contributed by atoms with van der Waals surface area (Å²) in [7, 11) is 1.61. The fourth-order valence-corrected chi connectivity index (χ4v) is 3.64. The van der Waals surface area contributed by atoms with Crippen molar-refractivity contribution in [2.45, 2.75) is 18.8 Å². The average molecular weight is 369 g/mol. The van der Waals surface area contributed by atoms with Crippen LogP contribution in [0.3, 0.4) is 0 Å². The van der Waals surface area contributed by atoms with Gasteiger partial charge in [-0.3, -0.25) is 10.1 Å². The van der Waals surface area contributed by atoms with E-state index in [2.05, 4.69) is 10.3 Å². The number of hydrogen-bond acceptors (Lipinski definition) is 6. The standard InChI is InChI=1S/C15H17ClN4O3S/c1-19-12-11(13(22)18-14(19)23)20(15(17-12)24-7-6-21)8-9-2-4-10(16)5-3-9/h2-5,11-12,21H,6-8H2,1H3,(H,18,22,23). The number of fused-ring (bicyclic) bond motifs is 1. The van der Waals surface area contributed by atoms with Crippen LogP contribution < -0.4 is 5.32 Å². The second kappa shape index (κ2) is 7.00. The molecule has 1 aromatic rings. The van der Waals surface area contributed by atoms with Crippen molar-refractivity contribution in [3.63, 3.8) is 0 Å². The van der Waals surface area contributed by atoms with E-state index in [1.807, 2.05) is 17.0 Å². The summed E-state index contributed by atoms with van der Waals surface area (Å²) in [6.07, 6.45) is -0.556. The molecule has 0 bridgehead atoms. The van der Waals surface area contributed by atoms with Crippen molar-refractivity contribution < 1.29 is 14.7 Å². The summed E-state index contributed by atoms with van der Waals surface area (Å²) < 4.78 is 0. The molecule has 24 heavy (non-hydrogen) atoms. The molecule has 2 atom stereocenters. The van der Waals surface area contributed by atoms with Gasteiger partial charge in [0, 0.05) is 24.4 Å². The summed E-state index contributed by atoms with van der Waals surface area (Å²) in [5, 5.41) is 12.7. The summed E-state index contributed by atoms with van der Waals surface area (Å²) in [6.45, 7) is 0.472. The van der Waals surface area contributed by atoms with Crippen molar-refractivity contribution in [3.05, 3.63) is 34.9 Å². The first-order valence-electron chi connectivity index (χ1n) is 7.41. The number of thioether (sulfide) groups is 1. The van der Waals surface area contributed by atoms with E-state index in [0.717, 1.165) is 5.56 Å². The lowest BCUT2D eigenvalue weighted by Crippen LogP contribution is -2.63. The monoisotopic (exact) mass is 368 g/mol. The molecule has 2 aliphatic heterocycles. The number of likely N-dealkylation sites (N-methyl/N-ethyl adjacent to an activating group) is 1. The van der Waals surface area contributed by atoms with Crippen LogP contribution in [0.4, 0.5) is 4.79 Å². The van der Waals surface area contributed by atoms with Crippen molar-refractivity contribution in [3.8, 4) is 0 Å². The molecule has 2 heterocycles. The molecule has 2 unspecified atom stereocenters. The second-order valence-electron chi connectivity index (χ2n) is 5.50. The van der Waals surface area contributed by atoms with Gasteiger partial charge in [0.1, 0.15) is 0 Å². The predicted molar refractivity (Wildman–Crippen MR) is 92.9 cm³/mol. The minimum atomic E-state index is -0.579. The lowest BCUT2D eigenvalue weighted by atomic mass is 10.1. The third kappa shape index (κ3) is 3.22. The van der Waals surface area contributed by atoms with Gasteiger partial charge in [-0.15, -0.1) is 0 Å². The first-order valence-corrected chi connectivity index (χ1v) is 8.78. The topological polar surface area (TPSA) is 85.2 Å². The Labute approximate surface area is 148 Å². The maximum Gasteiger partial charge on any atom is 0.325 e. The van der Waals surface area contributed by atoms with Crippen molar-refractivity contribution in [1.29, 1.82) is 0 Å². The number of nitrogens with one attached hydrogen (secondary N) is 1. The fraction of sp³-hybridized carbons (Fsp3) is 0.400. The Morgan fingerprint density at radius 1 is 1.33 bits per heavy atom. The second-order valence-corrected chi connectivity index (χ2v) is 7.00. The number of benzene rings is 1. The van der Waals surface area contributed by atoms with E-state index >= 15 is 0 Å². The first kappa shape index (κ1) is 17.1. The van der Waals surface area contributed by atoms with Crippen LogP contribution in [0.1, 0.15) is 5.56 Å². The molecule has 128 valence electrons. The normalized spacial score (nSPS) is 23.2. The van der Waals surface area contributed by atoms with E-state index in [1.54, 1.807) is 19.2 Å². The number of halogens is 1. The number of amidine groups is 1. The van der Waals surface area contributed by atoms with Gasteiger partial charge in [0.2, 0.25) is 0 Å². The van der Waals surface area contributed by atoms with Crippen LogP contribution in [0.25, 0.3) is 0 Å². The van der Waals surface area contributed by atoms with Crippen molar-refractivity contribution in [2.24, 2.45) is 4.99 Å². The molecule has 2 N–H and O–H groups in total. The Morgan fingerprint density at radius 3 is 2.71 bits per heavy atom. The number of carbonyl (C=O) groups excluding carboxylic acids is 2. The number of carbonyl (C=O) groups is 2. The molecule has 1 fully saturated rings. The summed E-state index contributed by atoms with van der Waals surface area (Å²) >= 11 is 7.28. The summed E-state index contributed by atoms with van der Waals surface area (Å²) in [4.78, 5) is 32.0. The zero-order valence-electron chi connectivity index (χ0n) is 13.0. The van der Waals surface area contributed by atoms with Crippen molar-refractivity contribution in [2.75, 3.05) is 19.4 Å². The van der Waals surface area contributed by atoms with Crippen LogP contribution >= 0.6 is 23.4 Å². The molecule has 0 aliphatic carbocycles. The fourth-order valence-electron chi connectivity index (χ4n) is 2.71. The average Bonchev–Trinajstić information content (AvgIpc) is 2.92. The summed E-state index contributed by atoms with van der Waals surface area (Å²) in [5.41, 5.74) is 0.977. The zero-order valence-corrected chi connectivity index (χ0v) is 14.5. The van der Waals surface area contributed by atoms with Crippen LogP contribution in [0, 0.1) is 0 Å². The molecule has 3 rings (SSSR count). The Morgan fingerprint density at radius 2 is 2.04 bits per heavy atom. The summed E-state index contributed by atoms with van der Waals surface area (Å²) in [5.74, 6) is 0.106. The largest absolute Gasteiger partial charge is 0.396 e. The van der Waals surface area contributed by atoms with E-state index in [9.17, 15) is 9.59 Å². The summed E-state index contributed by atoms with van der Waals surface area (Å²) in [6, 6.07) is 6.32. The minimum absolute atomic E-state index is 0.00870. The molecule has 0 radical (unpaired) electrons. The van der Waals surface area contributed by atoms with Gasteiger partial charge in [-0.1, -0.05) is 35.5 Å². The Balaban J connectivity index is 1.88. The highest BCUT2D eigenvalue weighted by atomic mass is 35.5. The molecule has 9 heteroatoms. The Hall–Kier alpha value is -1.77. The van der Waals surface area contributed by atoms with Crippen molar-refractivity contribution >= 4 is 40.5 Å². The lowest BCUT2D eigenvalue weighted by molar-refractivity contribution is -0.127. The highest BCUT2D eigenvalue weighted by Crippen LogP contribution is 2.30. The number of aliphatic imine (C=N–C) groups is 1. The third-order valence-electron chi connectivity index (χ3n) is 3.91. The SMILES string of the molecule is CN1C(=O)NC(=O)C2C1N=C(SCCO)N2Cc1ccc(Cl)cc1. The quantitative estimate of drug-likeness (QED) is 0.831. The molecule has 0 spiro atoms. The molecule has 3 amide bonds. The van der Waals surface area contributed by atoms with Crippen LogP contribution in [0.5, 0.6) is 0 Å². The van der Waals surface area contributed by atoms with E-state index in [1.165, 1.54) is 16.7 Å². The van der Waals surface area contributed by atoms with E-state index < -0.39 is 18.2 Å². The Kier molecular flexibility index (Phi) is 4.98. The van der Waals surface area contributed by atoms with Gasteiger partial charge in [0.15, 0.2) is 17.4 Å². The maximum atomic E-state index is 12.4. The van der Waals surface area contributed by atoms with Gasteiger partial charge >= 0.3 is 6.03 Å². The number of hydrogen-bond donors (Lipinski definition) is 2. The van der Waals surface area contributed by atoms with Crippen molar-refractivity contribution in [1.82, 2.24) is 15.1 Å². The van der Waals surface area contributed by atoms with E-state index in [0.29, 0.717) is 22.5 Å². The van der Waals surface area contributed by atoms with Gasteiger partial charge in [-0.05, 0) is 17.7 Å². The van der Waals surface area contributed by atoms with Crippen LogP contribution in [0.2, 0.25) is 5.02 Å². The van der Waals surface area contributed by atoms with Gasteiger partial charge in [0.05, 0.1) is 6.61 Å². The molecule has 1 aromatic carbocycles. The lowest BCUT2D eigenvalue weighted by Gasteiger charge is -2.36. The molecule has 0 saturated carbocycles. The zero-order chi connectivity index (χ0) is 17.3. The molecule has 1 saturated heterocycles. The number of urea groups is 1.